The van der Waals surface area contributed by atoms with Crippen LogP contribution in [-0.4, -0.2) is 27.8 Å². The summed E-state index contributed by atoms with van der Waals surface area (Å²) in [4.78, 5) is 11.9. The molecule has 1 aromatic rings. The summed E-state index contributed by atoms with van der Waals surface area (Å²) in [6.07, 6.45) is 3.26. The van der Waals surface area contributed by atoms with E-state index in [-0.39, 0.29) is 5.78 Å². The second-order valence-electron chi connectivity index (χ2n) is 3.68. The summed E-state index contributed by atoms with van der Waals surface area (Å²) in [5, 5.41) is 3.95. The molecular formula is C10H16N2O2. The Labute approximate surface area is 83.9 Å². The molecule has 0 bridgehead atoms. The third kappa shape index (κ3) is 2.20. The maximum atomic E-state index is 11.9. The number of ether oxygens (including phenoxy) is 1. The van der Waals surface area contributed by atoms with Gasteiger partial charge in [-0.25, -0.2) is 0 Å². The molecule has 4 nitrogen and oxygen atoms in total. The Kier molecular flexibility index (Phi) is 3.06. The molecule has 0 spiro atoms. The lowest BCUT2D eigenvalue weighted by Gasteiger charge is -2.21. The van der Waals surface area contributed by atoms with Gasteiger partial charge in [-0.2, -0.15) is 5.10 Å². The van der Waals surface area contributed by atoms with Crippen LogP contribution < -0.4 is 0 Å². The quantitative estimate of drug-likeness (QED) is 0.684. The van der Waals surface area contributed by atoms with Gasteiger partial charge < -0.3 is 4.74 Å². The lowest BCUT2D eigenvalue weighted by molar-refractivity contribution is 0.00125. The number of rotatable bonds is 4. The highest BCUT2D eigenvalue weighted by Gasteiger charge is 2.29. The van der Waals surface area contributed by atoms with Gasteiger partial charge in [-0.1, -0.05) is 0 Å². The van der Waals surface area contributed by atoms with Crippen molar-refractivity contribution in [3.8, 4) is 0 Å². The van der Waals surface area contributed by atoms with Crippen molar-refractivity contribution in [1.82, 2.24) is 9.78 Å². The standard InChI is InChI=1S/C10H16N2O2/c1-5-14-10(2,3)9(13)8-6-11-12(4)7-8/h6-7H,5H2,1-4H3. The molecule has 0 aliphatic carbocycles. The first-order valence-electron chi connectivity index (χ1n) is 4.64. The molecule has 4 heteroatoms. The maximum Gasteiger partial charge on any atom is 0.197 e. The molecule has 0 unspecified atom stereocenters. The van der Waals surface area contributed by atoms with Gasteiger partial charge in [0.05, 0.1) is 11.8 Å². The second-order valence-corrected chi connectivity index (χ2v) is 3.68. The molecule has 0 radical (unpaired) electrons. The smallest absolute Gasteiger partial charge is 0.197 e. The largest absolute Gasteiger partial charge is 0.368 e. The van der Waals surface area contributed by atoms with E-state index in [1.807, 2.05) is 6.92 Å². The normalized spacial score (nSPS) is 11.7. The monoisotopic (exact) mass is 196 g/mol. The van der Waals surface area contributed by atoms with Gasteiger partial charge in [0.2, 0.25) is 0 Å². The van der Waals surface area contributed by atoms with Crippen molar-refractivity contribution in [3.05, 3.63) is 18.0 Å². The first-order valence-corrected chi connectivity index (χ1v) is 4.64. The highest BCUT2D eigenvalue weighted by Crippen LogP contribution is 2.16. The van der Waals surface area contributed by atoms with Gasteiger partial charge in [-0.15, -0.1) is 0 Å². The van der Waals surface area contributed by atoms with Crippen LogP contribution >= 0.6 is 0 Å². The average molecular weight is 196 g/mol. The Bertz CT molecular complexity index is 329. The average Bonchev–Trinajstić information content (AvgIpc) is 2.50. The fraction of sp³-hybridized carbons (Fsp3) is 0.600. The third-order valence-electron chi connectivity index (χ3n) is 2.02. The molecule has 1 rings (SSSR count). The zero-order valence-electron chi connectivity index (χ0n) is 9.07. The predicted octanol–water partition coefficient (Wildman–Crippen LogP) is 1.42. The number of carbonyl (C=O) groups excluding carboxylic acids is 1. The van der Waals surface area contributed by atoms with E-state index in [0.29, 0.717) is 12.2 Å². The molecule has 0 aromatic carbocycles. The molecule has 0 N–H and O–H groups in total. The van der Waals surface area contributed by atoms with Crippen LogP contribution in [0, 0.1) is 0 Å². The molecule has 1 aromatic heterocycles. The Morgan fingerprint density at radius 1 is 1.64 bits per heavy atom. The van der Waals surface area contributed by atoms with Gasteiger partial charge in [-0.3, -0.25) is 9.48 Å². The van der Waals surface area contributed by atoms with Crippen molar-refractivity contribution < 1.29 is 9.53 Å². The minimum absolute atomic E-state index is 0.0348. The molecule has 78 valence electrons. The maximum absolute atomic E-state index is 11.9. The summed E-state index contributed by atoms with van der Waals surface area (Å²) in [5.74, 6) is -0.0348. The van der Waals surface area contributed by atoms with Crippen LogP contribution in [0.15, 0.2) is 12.4 Å². The first kappa shape index (κ1) is 10.9. The van der Waals surface area contributed by atoms with Crippen LogP contribution in [0.25, 0.3) is 0 Å². The van der Waals surface area contributed by atoms with E-state index in [4.69, 9.17) is 4.74 Å². The number of nitrogens with zero attached hydrogens (tertiary/aromatic N) is 2. The van der Waals surface area contributed by atoms with E-state index in [9.17, 15) is 4.79 Å². The summed E-state index contributed by atoms with van der Waals surface area (Å²) in [5.41, 5.74) is -0.177. The molecule has 0 aliphatic heterocycles. The van der Waals surface area contributed by atoms with E-state index in [1.54, 1.807) is 38.0 Å². The predicted molar refractivity (Wildman–Crippen MR) is 53.2 cm³/mol. The molecule has 0 saturated carbocycles. The van der Waals surface area contributed by atoms with Crippen LogP contribution in [0.5, 0.6) is 0 Å². The highest BCUT2D eigenvalue weighted by molar-refractivity contribution is 6.01. The topological polar surface area (TPSA) is 44.1 Å². The Morgan fingerprint density at radius 3 is 2.71 bits per heavy atom. The Hall–Kier alpha value is -1.16. The molecule has 14 heavy (non-hydrogen) atoms. The van der Waals surface area contributed by atoms with E-state index < -0.39 is 5.60 Å². The van der Waals surface area contributed by atoms with E-state index in [0.717, 1.165) is 0 Å². The van der Waals surface area contributed by atoms with Crippen molar-refractivity contribution >= 4 is 5.78 Å². The summed E-state index contributed by atoms with van der Waals surface area (Å²) in [7, 11) is 1.78. The van der Waals surface area contributed by atoms with Gasteiger partial charge in [0.1, 0.15) is 5.60 Å². The number of carbonyl (C=O) groups is 1. The summed E-state index contributed by atoms with van der Waals surface area (Å²) < 4.78 is 6.97. The van der Waals surface area contributed by atoms with Crippen LogP contribution in [-0.2, 0) is 11.8 Å². The zero-order valence-corrected chi connectivity index (χ0v) is 9.07. The molecule has 0 saturated heterocycles. The Balaban J connectivity index is 2.84. The van der Waals surface area contributed by atoms with Gasteiger partial charge in [-0.05, 0) is 20.8 Å². The van der Waals surface area contributed by atoms with Gasteiger partial charge in [0.15, 0.2) is 5.78 Å². The number of hydrogen-bond acceptors (Lipinski definition) is 3. The van der Waals surface area contributed by atoms with Crippen LogP contribution in [0.4, 0.5) is 0 Å². The first-order chi connectivity index (χ1) is 6.47. The minimum atomic E-state index is -0.766. The number of aryl methyl sites for hydroxylation is 1. The number of Topliss-reactive ketones (excluding diaryl/α,β-unsaturated/α-hetero) is 1. The second kappa shape index (κ2) is 3.92. The lowest BCUT2D eigenvalue weighted by atomic mass is 9.99. The molecule has 1 heterocycles. The highest BCUT2D eigenvalue weighted by atomic mass is 16.5. The number of ketones is 1. The van der Waals surface area contributed by atoms with E-state index >= 15 is 0 Å². The van der Waals surface area contributed by atoms with E-state index in [1.165, 1.54) is 0 Å². The van der Waals surface area contributed by atoms with Crippen LogP contribution in [0.2, 0.25) is 0 Å². The third-order valence-corrected chi connectivity index (χ3v) is 2.02. The van der Waals surface area contributed by atoms with E-state index in [2.05, 4.69) is 5.10 Å². The summed E-state index contributed by atoms with van der Waals surface area (Å²) >= 11 is 0. The van der Waals surface area contributed by atoms with Crippen molar-refractivity contribution in [1.29, 1.82) is 0 Å². The molecule has 0 atom stereocenters. The van der Waals surface area contributed by atoms with Crippen molar-refractivity contribution in [3.63, 3.8) is 0 Å². The number of aromatic nitrogens is 2. The molecular weight excluding hydrogens is 180 g/mol. The minimum Gasteiger partial charge on any atom is -0.368 e. The molecule has 0 fully saturated rings. The van der Waals surface area contributed by atoms with Gasteiger partial charge >= 0.3 is 0 Å². The zero-order chi connectivity index (χ0) is 10.8. The van der Waals surface area contributed by atoms with Crippen LogP contribution in [0.3, 0.4) is 0 Å². The fourth-order valence-electron chi connectivity index (χ4n) is 1.31. The molecule has 0 amide bonds. The fourth-order valence-corrected chi connectivity index (χ4v) is 1.31. The van der Waals surface area contributed by atoms with Crippen molar-refractivity contribution in [2.24, 2.45) is 7.05 Å². The Morgan fingerprint density at radius 2 is 2.29 bits per heavy atom. The van der Waals surface area contributed by atoms with Gasteiger partial charge in [0.25, 0.3) is 0 Å². The van der Waals surface area contributed by atoms with Crippen molar-refractivity contribution in [2.75, 3.05) is 6.61 Å². The van der Waals surface area contributed by atoms with Crippen LogP contribution in [0.1, 0.15) is 31.1 Å². The van der Waals surface area contributed by atoms with Gasteiger partial charge in [0, 0.05) is 19.9 Å². The summed E-state index contributed by atoms with van der Waals surface area (Å²) in [6.45, 7) is 5.94. The summed E-state index contributed by atoms with van der Waals surface area (Å²) in [6, 6.07) is 0. The SMILES string of the molecule is CCOC(C)(C)C(=O)c1cnn(C)c1. The van der Waals surface area contributed by atoms with Crippen molar-refractivity contribution in [2.45, 2.75) is 26.4 Å². The molecule has 0 aliphatic rings. The number of hydrogen-bond donors (Lipinski definition) is 0. The lowest BCUT2D eigenvalue weighted by Crippen LogP contribution is -2.34.